The third-order valence-electron chi connectivity index (χ3n) is 4.40. The molecule has 1 aliphatic rings. The average Bonchev–Trinajstić information content (AvgIpc) is 2.41. The van der Waals surface area contributed by atoms with E-state index >= 15 is 0 Å². The number of hydrogen-bond acceptors (Lipinski definition) is 2. The molecule has 3 atom stereocenters. The number of nitrogens with two attached hydrogens (primary N) is 1. The fraction of sp³-hybridized carbons (Fsp3) is 0.625. The van der Waals surface area contributed by atoms with Gasteiger partial charge in [0.1, 0.15) is 0 Å². The Balaban J connectivity index is 1.78. The van der Waals surface area contributed by atoms with E-state index < -0.39 is 0 Å². The molecule has 0 bridgehead atoms. The highest BCUT2D eigenvalue weighted by Gasteiger charge is 2.22. The first-order valence-electron chi connectivity index (χ1n) is 7.19. The molecule has 1 aromatic rings. The molecule has 2 nitrogen and oxygen atoms in total. The van der Waals surface area contributed by atoms with E-state index in [9.17, 15) is 0 Å². The maximum absolute atomic E-state index is 6.25. The fourth-order valence-corrected chi connectivity index (χ4v) is 2.74. The van der Waals surface area contributed by atoms with Crippen molar-refractivity contribution in [2.24, 2.45) is 17.6 Å². The van der Waals surface area contributed by atoms with Gasteiger partial charge < -0.3 is 10.6 Å². The van der Waals surface area contributed by atoms with Gasteiger partial charge in [-0.2, -0.15) is 0 Å². The normalized spacial score (nSPS) is 27.1. The predicted molar refractivity (Wildman–Crippen MR) is 77.4 cm³/mol. The van der Waals surface area contributed by atoms with Gasteiger partial charge in [-0.3, -0.25) is 0 Å². The molecule has 2 heteroatoms. The lowest BCUT2D eigenvalue weighted by Gasteiger charge is -2.35. The topological polar surface area (TPSA) is 29.3 Å². The molecule has 0 spiro atoms. The molecule has 1 saturated heterocycles. The molecule has 1 fully saturated rings. The molecule has 1 aliphatic heterocycles. The fourth-order valence-electron chi connectivity index (χ4n) is 2.74. The SMILES string of the molecule is CC1CCN(CCC(N)c2ccccc2)CC1C. The Morgan fingerprint density at radius 1 is 1.22 bits per heavy atom. The van der Waals surface area contributed by atoms with Crippen LogP contribution in [-0.4, -0.2) is 24.5 Å². The number of rotatable bonds is 4. The number of nitrogens with zero attached hydrogens (tertiary/aromatic N) is 1. The van der Waals surface area contributed by atoms with Crippen LogP contribution in [0.1, 0.15) is 38.3 Å². The van der Waals surface area contributed by atoms with Gasteiger partial charge in [0.05, 0.1) is 0 Å². The van der Waals surface area contributed by atoms with Gasteiger partial charge in [0, 0.05) is 12.6 Å². The third-order valence-corrected chi connectivity index (χ3v) is 4.40. The minimum Gasteiger partial charge on any atom is -0.324 e. The van der Waals surface area contributed by atoms with E-state index in [2.05, 4.69) is 43.0 Å². The maximum Gasteiger partial charge on any atom is 0.0307 e. The third kappa shape index (κ3) is 3.56. The second-order valence-corrected chi connectivity index (χ2v) is 5.85. The lowest BCUT2D eigenvalue weighted by Crippen LogP contribution is -2.39. The summed E-state index contributed by atoms with van der Waals surface area (Å²) in [6, 6.07) is 10.6. The van der Waals surface area contributed by atoms with Crippen LogP contribution in [0.5, 0.6) is 0 Å². The van der Waals surface area contributed by atoms with E-state index in [-0.39, 0.29) is 6.04 Å². The van der Waals surface area contributed by atoms with Crippen molar-refractivity contribution in [1.82, 2.24) is 4.90 Å². The van der Waals surface area contributed by atoms with Crippen molar-refractivity contribution in [1.29, 1.82) is 0 Å². The van der Waals surface area contributed by atoms with Crippen LogP contribution in [-0.2, 0) is 0 Å². The van der Waals surface area contributed by atoms with E-state index in [0.717, 1.165) is 24.8 Å². The standard InChI is InChI=1S/C16H26N2/c1-13-8-10-18(12-14(13)2)11-9-16(17)15-6-4-3-5-7-15/h3-7,13-14,16H,8-12,17H2,1-2H3. The van der Waals surface area contributed by atoms with Crippen LogP contribution in [0.25, 0.3) is 0 Å². The summed E-state index contributed by atoms with van der Waals surface area (Å²) < 4.78 is 0. The van der Waals surface area contributed by atoms with Gasteiger partial charge in [0.2, 0.25) is 0 Å². The van der Waals surface area contributed by atoms with Gasteiger partial charge in [-0.15, -0.1) is 0 Å². The van der Waals surface area contributed by atoms with Crippen LogP contribution in [0.15, 0.2) is 30.3 Å². The summed E-state index contributed by atoms with van der Waals surface area (Å²) in [6.45, 7) is 8.36. The molecule has 0 aromatic heterocycles. The minimum absolute atomic E-state index is 0.181. The van der Waals surface area contributed by atoms with Crippen molar-refractivity contribution in [3.05, 3.63) is 35.9 Å². The summed E-state index contributed by atoms with van der Waals surface area (Å²) in [6.07, 6.45) is 2.40. The first-order chi connectivity index (χ1) is 8.66. The highest BCUT2D eigenvalue weighted by molar-refractivity contribution is 5.18. The number of piperidine rings is 1. The van der Waals surface area contributed by atoms with Gasteiger partial charge >= 0.3 is 0 Å². The monoisotopic (exact) mass is 246 g/mol. The summed E-state index contributed by atoms with van der Waals surface area (Å²) in [5.41, 5.74) is 7.51. The average molecular weight is 246 g/mol. The Hall–Kier alpha value is -0.860. The van der Waals surface area contributed by atoms with Crippen LogP contribution in [0.3, 0.4) is 0 Å². The van der Waals surface area contributed by atoms with Crippen LogP contribution in [0.4, 0.5) is 0 Å². The molecule has 3 unspecified atom stereocenters. The van der Waals surface area contributed by atoms with E-state index in [1.165, 1.54) is 25.1 Å². The van der Waals surface area contributed by atoms with Crippen molar-refractivity contribution < 1.29 is 0 Å². The Morgan fingerprint density at radius 2 is 1.94 bits per heavy atom. The summed E-state index contributed by atoms with van der Waals surface area (Å²) in [4.78, 5) is 2.58. The molecule has 0 amide bonds. The molecule has 0 radical (unpaired) electrons. The molecule has 0 aliphatic carbocycles. The zero-order valence-corrected chi connectivity index (χ0v) is 11.7. The second kappa shape index (κ2) is 6.35. The Kier molecular flexibility index (Phi) is 4.79. The van der Waals surface area contributed by atoms with Crippen molar-refractivity contribution >= 4 is 0 Å². The van der Waals surface area contributed by atoms with Crippen LogP contribution < -0.4 is 5.73 Å². The molecule has 2 N–H and O–H groups in total. The minimum atomic E-state index is 0.181. The largest absolute Gasteiger partial charge is 0.324 e. The Morgan fingerprint density at radius 3 is 2.61 bits per heavy atom. The quantitative estimate of drug-likeness (QED) is 0.884. The van der Waals surface area contributed by atoms with E-state index in [1.54, 1.807) is 0 Å². The Bertz CT molecular complexity index is 349. The van der Waals surface area contributed by atoms with E-state index in [4.69, 9.17) is 5.73 Å². The number of likely N-dealkylation sites (tertiary alicyclic amines) is 1. The van der Waals surface area contributed by atoms with Crippen LogP contribution in [0.2, 0.25) is 0 Å². The number of hydrogen-bond donors (Lipinski definition) is 1. The van der Waals surface area contributed by atoms with Gasteiger partial charge in [0.15, 0.2) is 0 Å². The van der Waals surface area contributed by atoms with Crippen molar-refractivity contribution in [2.45, 2.75) is 32.7 Å². The highest BCUT2D eigenvalue weighted by atomic mass is 15.1. The maximum atomic E-state index is 6.25. The summed E-state index contributed by atoms with van der Waals surface area (Å²) in [5, 5.41) is 0. The highest BCUT2D eigenvalue weighted by Crippen LogP contribution is 2.23. The summed E-state index contributed by atoms with van der Waals surface area (Å²) in [7, 11) is 0. The smallest absolute Gasteiger partial charge is 0.0307 e. The first kappa shape index (κ1) is 13.6. The Labute approximate surface area is 111 Å². The number of benzene rings is 1. The zero-order chi connectivity index (χ0) is 13.0. The molecule has 18 heavy (non-hydrogen) atoms. The molecular weight excluding hydrogens is 220 g/mol. The van der Waals surface area contributed by atoms with Crippen molar-refractivity contribution in [3.8, 4) is 0 Å². The van der Waals surface area contributed by atoms with Crippen LogP contribution in [0, 0.1) is 11.8 Å². The van der Waals surface area contributed by atoms with Crippen LogP contribution >= 0.6 is 0 Å². The lowest BCUT2D eigenvalue weighted by atomic mass is 9.88. The lowest BCUT2D eigenvalue weighted by molar-refractivity contribution is 0.135. The molecule has 2 rings (SSSR count). The predicted octanol–water partition coefficient (Wildman–Crippen LogP) is 3.05. The first-order valence-corrected chi connectivity index (χ1v) is 7.19. The van der Waals surface area contributed by atoms with E-state index in [0.29, 0.717) is 0 Å². The molecule has 1 heterocycles. The van der Waals surface area contributed by atoms with Gasteiger partial charge in [0.25, 0.3) is 0 Å². The summed E-state index contributed by atoms with van der Waals surface area (Å²) in [5.74, 6) is 1.70. The summed E-state index contributed by atoms with van der Waals surface area (Å²) >= 11 is 0. The molecule has 1 aromatic carbocycles. The molecule has 0 saturated carbocycles. The van der Waals surface area contributed by atoms with E-state index in [1.807, 2.05) is 6.07 Å². The van der Waals surface area contributed by atoms with Gasteiger partial charge in [-0.1, -0.05) is 44.2 Å². The van der Waals surface area contributed by atoms with Crippen molar-refractivity contribution in [3.63, 3.8) is 0 Å². The van der Waals surface area contributed by atoms with Crippen molar-refractivity contribution in [2.75, 3.05) is 19.6 Å². The zero-order valence-electron chi connectivity index (χ0n) is 11.7. The second-order valence-electron chi connectivity index (χ2n) is 5.85. The van der Waals surface area contributed by atoms with Gasteiger partial charge in [-0.05, 0) is 43.3 Å². The van der Waals surface area contributed by atoms with Gasteiger partial charge in [-0.25, -0.2) is 0 Å². The molecular formula is C16H26N2. The molecule has 100 valence electrons.